The van der Waals surface area contributed by atoms with Crippen LogP contribution in [-0.2, 0) is 0 Å². The summed E-state index contributed by atoms with van der Waals surface area (Å²) >= 11 is 0. The van der Waals surface area contributed by atoms with Crippen LogP contribution < -0.4 is 5.32 Å². The van der Waals surface area contributed by atoms with E-state index >= 15 is 0 Å². The molecule has 4 heteroatoms. The molecule has 0 saturated heterocycles. The Morgan fingerprint density at radius 2 is 2.17 bits per heavy atom. The number of rotatable bonds is 5. The first kappa shape index (κ1) is 14.6. The second-order valence-corrected chi connectivity index (χ2v) is 4.81. The molecular weight excluding hydrogens is 233 g/mol. The normalized spacial score (nSPS) is 14.1. The number of hydrogen-bond donors (Lipinski definition) is 2. The second-order valence-electron chi connectivity index (χ2n) is 4.81. The number of hydrogen-bond acceptors (Lipinski definition) is 2. The van der Waals surface area contributed by atoms with E-state index in [0.29, 0.717) is 17.5 Å². The van der Waals surface area contributed by atoms with Crippen LogP contribution >= 0.6 is 0 Å². The van der Waals surface area contributed by atoms with E-state index in [1.807, 2.05) is 13.8 Å². The van der Waals surface area contributed by atoms with Crippen LogP contribution in [0.1, 0.15) is 42.6 Å². The van der Waals surface area contributed by atoms with Crippen LogP contribution in [-0.4, -0.2) is 23.2 Å². The Morgan fingerprint density at radius 3 is 2.67 bits per heavy atom. The summed E-state index contributed by atoms with van der Waals surface area (Å²) in [7, 11) is 0. The van der Waals surface area contributed by atoms with Crippen molar-refractivity contribution in [1.29, 1.82) is 0 Å². The maximum absolute atomic E-state index is 13.1. The van der Waals surface area contributed by atoms with Gasteiger partial charge in [0.1, 0.15) is 5.82 Å². The molecule has 0 aromatic heterocycles. The highest BCUT2D eigenvalue weighted by molar-refractivity contribution is 5.94. The van der Waals surface area contributed by atoms with Crippen molar-refractivity contribution in [3.8, 4) is 0 Å². The lowest BCUT2D eigenvalue weighted by Crippen LogP contribution is -2.46. The van der Waals surface area contributed by atoms with Gasteiger partial charge in [0.15, 0.2) is 0 Å². The van der Waals surface area contributed by atoms with E-state index in [9.17, 15) is 9.18 Å². The van der Waals surface area contributed by atoms with Gasteiger partial charge in [-0.2, -0.15) is 0 Å². The van der Waals surface area contributed by atoms with Crippen molar-refractivity contribution in [3.63, 3.8) is 0 Å². The summed E-state index contributed by atoms with van der Waals surface area (Å²) in [6.07, 6.45) is 1.22. The number of nitrogens with one attached hydrogen (secondary N) is 1. The molecule has 1 aromatic carbocycles. The van der Waals surface area contributed by atoms with Crippen LogP contribution in [0.25, 0.3) is 0 Å². The minimum atomic E-state index is -0.436. The predicted molar refractivity (Wildman–Crippen MR) is 69.0 cm³/mol. The summed E-state index contributed by atoms with van der Waals surface area (Å²) in [5.74, 6) is -0.559. The van der Waals surface area contributed by atoms with Crippen LogP contribution in [0.2, 0.25) is 0 Å². The maximum Gasteiger partial charge on any atom is 0.251 e. The van der Waals surface area contributed by atoms with Crippen LogP contribution in [0.4, 0.5) is 4.39 Å². The number of amides is 1. The van der Waals surface area contributed by atoms with Gasteiger partial charge >= 0.3 is 0 Å². The van der Waals surface area contributed by atoms with Gasteiger partial charge in [-0.25, -0.2) is 4.39 Å². The Morgan fingerprint density at radius 1 is 1.50 bits per heavy atom. The van der Waals surface area contributed by atoms with Gasteiger partial charge in [-0.3, -0.25) is 4.79 Å². The fourth-order valence-corrected chi connectivity index (χ4v) is 1.71. The highest BCUT2D eigenvalue weighted by Crippen LogP contribution is 2.16. The second kappa shape index (κ2) is 5.96. The lowest BCUT2D eigenvalue weighted by molar-refractivity contribution is 0.0886. The Balaban J connectivity index is 2.84. The quantitative estimate of drug-likeness (QED) is 0.846. The lowest BCUT2D eigenvalue weighted by atomic mass is 9.94. The molecule has 100 valence electrons. The highest BCUT2D eigenvalue weighted by atomic mass is 19.1. The average Bonchev–Trinajstić information content (AvgIpc) is 2.32. The van der Waals surface area contributed by atoms with Gasteiger partial charge in [-0.1, -0.05) is 6.92 Å². The summed E-state index contributed by atoms with van der Waals surface area (Å²) in [5.41, 5.74) is 0.447. The molecule has 2 N–H and O–H groups in total. The Kier molecular flexibility index (Phi) is 4.84. The fourth-order valence-electron chi connectivity index (χ4n) is 1.71. The minimum Gasteiger partial charge on any atom is -0.396 e. The molecule has 18 heavy (non-hydrogen) atoms. The molecule has 1 aromatic rings. The molecule has 0 heterocycles. The summed E-state index contributed by atoms with van der Waals surface area (Å²) in [5, 5.41) is 11.9. The molecule has 0 bridgehead atoms. The number of carbonyl (C=O) groups is 1. The molecule has 1 amide bonds. The summed E-state index contributed by atoms with van der Waals surface area (Å²) in [6.45, 7) is 5.48. The first-order valence-corrected chi connectivity index (χ1v) is 6.11. The zero-order chi connectivity index (χ0) is 13.8. The number of benzene rings is 1. The zero-order valence-electron chi connectivity index (χ0n) is 11.1. The van der Waals surface area contributed by atoms with Gasteiger partial charge in [0.05, 0.1) is 0 Å². The van der Waals surface area contributed by atoms with Crippen molar-refractivity contribution in [2.24, 2.45) is 0 Å². The number of aryl methyl sites for hydroxylation is 1. The number of aliphatic hydroxyl groups excluding tert-OH is 1. The van der Waals surface area contributed by atoms with Crippen molar-refractivity contribution < 1.29 is 14.3 Å². The first-order chi connectivity index (χ1) is 8.41. The van der Waals surface area contributed by atoms with E-state index in [0.717, 1.165) is 6.42 Å². The molecule has 0 aliphatic heterocycles. The van der Waals surface area contributed by atoms with E-state index in [1.165, 1.54) is 18.2 Å². The number of halogens is 1. The van der Waals surface area contributed by atoms with Crippen molar-refractivity contribution in [2.45, 2.75) is 39.2 Å². The zero-order valence-corrected chi connectivity index (χ0v) is 11.1. The van der Waals surface area contributed by atoms with Crippen molar-refractivity contribution in [2.75, 3.05) is 6.61 Å². The van der Waals surface area contributed by atoms with E-state index in [-0.39, 0.29) is 18.3 Å². The molecule has 0 radical (unpaired) electrons. The molecule has 1 rings (SSSR count). The predicted octanol–water partition coefficient (Wildman–Crippen LogP) is 2.42. The third kappa shape index (κ3) is 3.53. The van der Waals surface area contributed by atoms with Crippen LogP contribution in [0.3, 0.4) is 0 Å². The summed E-state index contributed by atoms with van der Waals surface area (Å²) in [6, 6.07) is 4.28. The largest absolute Gasteiger partial charge is 0.396 e. The number of aliphatic hydroxyl groups is 1. The van der Waals surface area contributed by atoms with Gasteiger partial charge in [0, 0.05) is 17.7 Å². The molecule has 0 saturated carbocycles. The van der Waals surface area contributed by atoms with Crippen molar-refractivity contribution >= 4 is 5.91 Å². The molecule has 0 spiro atoms. The van der Waals surface area contributed by atoms with Crippen LogP contribution in [0, 0.1) is 12.7 Å². The summed E-state index contributed by atoms with van der Waals surface area (Å²) in [4.78, 5) is 12.0. The Labute approximate surface area is 107 Å². The first-order valence-electron chi connectivity index (χ1n) is 6.11. The standard InChI is InChI=1S/C14H20FNO2/c1-4-14(3,7-8-17)16-13(18)11-5-6-12(15)10(2)9-11/h5-6,9,17H,4,7-8H2,1-3H3,(H,16,18). The van der Waals surface area contributed by atoms with Crippen molar-refractivity contribution in [3.05, 3.63) is 35.1 Å². The molecular formula is C14H20FNO2. The maximum atomic E-state index is 13.1. The van der Waals surface area contributed by atoms with E-state index in [1.54, 1.807) is 6.92 Å². The Bertz CT molecular complexity index is 434. The van der Waals surface area contributed by atoms with E-state index < -0.39 is 5.54 Å². The van der Waals surface area contributed by atoms with Gasteiger partial charge in [-0.05, 0) is 50.5 Å². The van der Waals surface area contributed by atoms with Gasteiger partial charge in [0.2, 0.25) is 0 Å². The molecule has 1 atom stereocenters. The monoisotopic (exact) mass is 253 g/mol. The van der Waals surface area contributed by atoms with E-state index in [4.69, 9.17) is 5.11 Å². The van der Waals surface area contributed by atoms with Gasteiger partial charge in [-0.15, -0.1) is 0 Å². The van der Waals surface area contributed by atoms with Gasteiger partial charge in [0.25, 0.3) is 5.91 Å². The third-order valence-corrected chi connectivity index (χ3v) is 3.28. The van der Waals surface area contributed by atoms with Gasteiger partial charge < -0.3 is 10.4 Å². The summed E-state index contributed by atoms with van der Waals surface area (Å²) < 4.78 is 13.1. The van der Waals surface area contributed by atoms with Crippen molar-refractivity contribution in [1.82, 2.24) is 5.32 Å². The molecule has 0 aliphatic carbocycles. The molecule has 1 unspecified atom stereocenters. The third-order valence-electron chi connectivity index (χ3n) is 3.28. The lowest BCUT2D eigenvalue weighted by Gasteiger charge is -2.29. The Hall–Kier alpha value is -1.42. The topological polar surface area (TPSA) is 49.3 Å². The SMILES string of the molecule is CCC(C)(CCO)NC(=O)c1ccc(F)c(C)c1. The highest BCUT2D eigenvalue weighted by Gasteiger charge is 2.24. The number of carbonyl (C=O) groups excluding carboxylic acids is 1. The van der Waals surface area contributed by atoms with E-state index in [2.05, 4.69) is 5.32 Å². The molecule has 0 aliphatic rings. The average molecular weight is 253 g/mol. The van der Waals surface area contributed by atoms with Crippen LogP contribution in [0.15, 0.2) is 18.2 Å². The van der Waals surface area contributed by atoms with Crippen LogP contribution in [0.5, 0.6) is 0 Å². The molecule has 3 nitrogen and oxygen atoms in total. The smallest absolute Gasteiger partial charge is 0.251 e. The molecule has 0 fully saturated rings. The fraction of sp³-hybridized carbons (Fsp3) is 0.500. The minimum absolute atomic E-state index is 0.0209.